The Labute approximate surface area is 147 Å². The molecule has 0 fully saturated rings. The van der Waals surface area contributed by atoms with Gasteiger partial charge < -0.3 is 25.5 Å². The first kappa shape index (κ1) is 20.6. The van der Waals surface area contributed by atoms with Gasteiger partial charge in [0.15, 0.2) is 9.84 Å². The normalized spacial score (nSPS) is 24.1. The minimum Gasteiger partial charge on any atom is -0.354 e. The molecule has 0 amide bonds. The summed E-state index contributed by atoms with van der Waals surface area (Å²) in [7, 11) is -8.44. The van der Waals surface area contributed by atoms with Gasteiger partial charge >= 0.3 is 0 Å². The first-order chi connectivity index (χ1) is 11.0. The zero-order valence-corrected chi connectivity index (χ0v) is 15.3. The van der Waals surface area contributed by atoms with Gasteiger partial charge in [0.1, 0.15) is 8.42 Å². The summed E-state index contributed by atoms with van der Waals surface area (Å²) in [5.41, 5.74) is -0.0426. The van der Waals surface area contributed by atoms with Crippen molar-refractivity contribution in [1.29, 1.82) is 0 Å². The zero-order valence-electron chi connectivity index (χ0n) is 12.8. The highest BCUT2D eigenvalue weighted by Crippen LogP contribution is 2.44. The van der Waals surface area contributed by atoms with Crippen LogP contribution in [-0.2, 0) is 19.9 Å². The van der Waals surface area contributed by atoms with Crippen LogP contribution in [0.25, 0.3) is 0 Å². The number of rotatable bonds is 5. The van der Waals surface area contributed by atoms with Gasteiger partial charge in [0, 0.05) is 24.9 Å². The van der Waals surface area contributed by atoms with Crippen molar-refractivity contribution in [1.82, 2.24) is 5.32 Å². The summed E-state index contributed by atoms with van der Waals surface area (Å²) in [6.45, 7) is 0.964. The molecule has 2 rings (SSSR count). The van der Waals surface area contributed by atoms with Crippen LogP contribution in [0.5, 0.6) is 0 Å². The zero-order chi connectivity index (χ0) is 19.4. The maximum atomic E-state index is 12.6. The largest absolute Gasteiger partial charge is 0.354 e. The molecule has 0 saturated carbocycles. The molecule has 8 N–H and O–H groups in total. The van der Waals surface area contributed by atoms with Crippen LogP contribution in [0.15, 0.2) is 14.5 Å². The van der Waals surface area contributed by atoms with E-state index in [1.165, 1.54) is 0 Å². The Bertz CT molecular complexity index is 862. The Balaban J connectivity index is 2.61. The summed E-state index contributed by atoms with van der Waals surface area (Å²) < 4.78 is 47.4. The van der Waals surface area contributed by atoms with Crippen LogP contribution in [0.4, 0.5) is 0 Å². The minimum absolute atomic E-state index is 0.0426. The number of hydrogen-bond donors (Lipinski definition) is 7. The Morgan fingerprint density at radius 3 is 2.32 bits per heavy atom. The van der Waals surface area contributed by atoms with E-state index in [0.717, 1.165) is 13.0 Å². The predicted molar refractivity (Wildman–Crippen MR) is 84.0 cm³/mol. The number of sulfonamides is 1. The highest BCUT2D eigenvalue weighted by molar-refractivity contribution is 7.95. The molecule has 2 atom stereocenters. The van der Waals surface area contributed by atoms with E-state index in [2.05, 4.69) is 5.32 Å². The topological polar surface area (TPSA) is 207 Å². The van der Waals surface area contributed by atoms with Crippen molar-refractivity contribution >= 4 is 31.2 Å². The molecule has 0 saturated heterocycles. The number of nitrogens with two attached hydrogens (primary N) is 1. The van der Waals surface area contributed by atoms with E-state index in [4.69, 9.17) is 20.5 Å². The molecule has 1 aromatic heterocycles. The lowest BCUT2D eigenvalue weighted by Crippen LogP contribution is -2.48. The minimum atomic E-state index is -4.23. The van der Waals surface area contributed by atoms with E-state index < -0.39 is 57.9 Å². The van der Waals surface area contributed by atoms with Gasteiger partial charge in [-0.2, -0.15) is 0 Å². The summed E-state index contributed by atoms with van der Waals surface area (Å²) in [4.78, 5) is 0. The Morgan fingerprint density at radius 2 is 1.88 bits per heavy atom. The van der Waals surface area contributed by atoms with E-state index in [1.54, 1.807) is 0 Å². The van der Waals surface area contributed by atoms with Crippen molar-refractivity contribution in [2.75, 3.05) is 0 Å². The number of hydrogen-bond acceptors (Lipinski definition) is 11. The molecule has 1 aliphatic rings. The Morgan fingerprint density at radius 1 is 1.32 bits per heavy atom. The van der Waals surface area contributed by atoms with E-state index in [1.807, 2.05) is 0 Å². The van der Waals surface area contributed by atoms with Crippen LogP contribution in [0.2, 0.25) is 0 Å². The number of thiophene rings is 1. The van der Waals surface area contributed by atoms with Crippen LogP contribution in [0.3, 0.4) is 0 Å². The Kier molecular flexibility index (Phi) is 5.11. The van der Waals surface area contributed by atoms with Crippen LogP contribution < -0.4 is 10.5 Å². The van der Waals surface area contributed by atoms with Crippen LogP contribution >= 0.6 is 11.3 Å². The summed E-state index contributed by atoms with van der Waals surface area (Å²) in [5, 5.41) is 52.2. The van der Waals surface area contributed by atoms with E-state index in [-0.39, 0.29) is 12.0 Å². The first-order valence-corrected chi connectivity index (χ1v) is 10.7. The van der Waals surface area contributed by atoms with Crippen LogP contribution in [0, 0.1) is 0 Å². The second-order valence-electron chi connectivity index (χ2n) is 5.95. The average molecular weight is 418 g/mol. The quantitative estimate of drug-likeness (QED) is 0.245. The fraction of sp³-hybridized carbons (Fsp3) is 0.636. The highest BCUT2D eigenvalue weighted by Gasteiger charge is 2.45. The maximum Gasteiger partial charge on any atom is 0.276 e. The molecule has 14 heteroatoms. The molecule has 0 aliphatic carbocycles. The smallest absolute Gasteiger partial charge is 0.276 e. The second kappa shape index (κ2) is 6.19. The molecule has 0 radical (unpaired) electrons. The van der Waals surface area contributed by atoms with Crippen molar-refractivity contribution in [2.45, 2.75) is 51.4 Å². The summed E-state index contributed by atoms with van der Waals surface area (Å²) >= 11 is 0.360. The van der Waals surface area contributed by atoms with Gasteiger partial charge in [-0.3, -0.25) is 5.32 Å². The molecule has 25 heavy (non-hydrogen) atoms. The number of aliphatic hydroxyl groups is 5. The van der Waals surface area contributed by atoms with Crippen LogP contribution in [-0.4, -0.2) is 59.5 Å². The van der Waals surface area contributed by atoms with Crippen molar-refractivity contribution in [3.63, 3.8) is 0 Å². The standard InChI is InChI=1S/C11H18N2O9S3/c1-10(14,15)13-7-2-5(4-11(16,17)18)24(19,20)9-6(7)3-8(23-9)25(12,21)22/h3,5,7,13-18H,2,4H2,1H3,(H2,12,21,22). The van der Waals surface area contributed by atoms with Gasteiger partial charge in [0.2, 0.25) is 15.9 Å². The third-order valence-corrected chi connectivity index (χ3v) is 8.81. The number of fused-ring (bicyclic) bond motifs is 1. The fourth-order valence-corrected chi connectivity index (χ4v) is 7.32. The van der Waals surface area contributed by atoms with Crippen molar-refractivity contribution in [3.05, 3.63) is 11.6 Å². The number of nitrogens with one attached hydrogen (secondary N) is 1. The molecule has 2 unspecified atom stereocenters. The lowest BCUT2D eigenvalue weighted by atomic mass is 10.0. The predicted octanol–water partition coefficient (Wildman–Crippen LogP) is -2.75. The van der Waals surface area contributed by atoms with Crippen molar-refractivity contribution in [2.24, 2.45) is 5.14 Å². The lowest BCUT2D eigenvalue weighted by molar-refractivity contribution is -0.314. The summed E-state index contributed by atoms with van der Waals surface area (Å²) in [6, 6.07) is -0.0472. The van der Waals surface area contributed by atoms with Gasteiger partial charge in [0.05, 0.1) is 5.25 Å². The highest BCUT2D eigenvalue weighted by atomic mass is 32.3. The van der Waals surface area contributed by atoms with Crippen LogP contribution in [0.1, 0.15) is 31.4 Å². The molecule has 1 aromatic rings. The van der Waals surface area contributed by atoms with Gasteiger partial charge in [-0.25, -0.2) is 22.0 Å². The van der Waals surface area contributed by atoms with Gasteiger partial charge in [-0.1, -0.05) is 0 Å². The molecular weight excluding hydrogens is 400 g/mol. The molecule has 1 aliphatic heterocycles. The first-order valence-electron chi connectivity index (χ1n) is 6.81. The maximum absolute atomic E-state index is 12.6. The molecule has 2 heterocycles. The molecule has 144 valence electrons. The third-order valence-electron chi connectivity index (χ3n) is 3.50. The molecule has 0 bridgehead atoms. The van der Waals surface area contributed by atoms with Crippen molar-refractivity contribution in [3.8, 4) is 0 Å². The Hall–Kier alpha value is -0.680. The summed E-state index contributed by atoms with van der Waals surface area (Å²) in [6.07, 6.45) is -1.36. The summed E-state index contributed by atoms with van der Waals surface area (Å²) in [5.74, 6) is -5.70. The molecule has 11 nitrogen and oxygen atoms in total. The van der Waals surface area contributed by atoms with E-state index in [9.17, 15) is 27.0 Å². The monoisotopic (exact) mass is 418 g/mol. The van der Waals surface area contributed by atoms with E-state index in [0.29, 0.717) is 11.3 Å². The molecule has 0 aromatic carbocycles. The fourth-order valence-electron chi connectivity index (χ4n) is 2.60. The van der Waals surface area contributed by atoms with Gasteiger partial charge in [-0.05, 0) is 12.5 Å². The van der Waals surface area contributed by atoms with Crippen molar-refractivity contribution < 1.29 is 42.4 Å². The lowest BCUT2D eigenvalue weighted by Gasteiger charge is -2.34. The molecule has 0 spiro atoms. The number of sulfone groups is 1. The second-order valence-corrected chi connectivity index (χ2v) is 11.2. The van der Waals surface area contributed by atoms with Gasteiger partial charge in [0.25, 0.3) is 5.97 Å². The third kappa shape index (κ3) is 4.73. The van der Waals surface area contributed by atoms with E-state index >= 15 is 0 Å². The SMILES string of the molecule is CC(O)(O)NC1CC(CC(O)(O)O)S(=O)(=O)c2sc(S(N)(=O)=O)cc21. The number of primary sulfonamides is 1. The van der Waals surface area contributed by atoms with Gasteiger partial charge in [-0.15, -0.1) is 11.3 Å². The average Bonchev–Trinajstić information content (AvgIpc) is 2.77. The molecular formula is C11H18N2O9S3.